The Hall–Kier alpha value is -1.44. The first-order valence-electron chi connectivity index (χ1n) is 10.5. The monoisotopic (exact) mass is 405 g/mol. The first-order valence-corrected chi connectivity index (χ1v) is 11.9. The number of fused-ring (bicyclic) bond motifs is 2. The summed E-state index contributed by atoms with van der Waals surface area (Å²) >= 11 is 0. The van der Waals surface area contributed by atoms with Crippen LogP contribution in [-0.2, 0) is 14.8 Å². The van der Waals surface area contributed by atoms with Crippen molar-refractivity contribution in [2.45, 2.75) is 56.0 Å². The van der Waals surface area contributed by atoms with Gasteiger partial charge in [-0.25, -0.2) is 8.42 Å². The molecule has 3 aliphatic heterocycles. The smallest absolute Gasteiger partial charge is 0.243 e. The zero-order valence-electron chi connectivity index (χ0n) is 16.8. The summed E-state index contributed by atoms with van der Waals surface area (Å²) in [5, 5.41) is 3.29. The van der Waals surface area contributed by atoms with Gasteiger partial charge in [0.15, 0.2) is 0 Å². The fourth-order valence-electron chi connectivity index (χ4n) is 5.41. The molecule has 0 radical (unpaired) electrons. The zero-order valence-corrected chi connectivity index (χ0v) is 17.6. The second-order valence-corrected chi connectivity index (χ2v) is 10.6. The molecule has 1 N–H and O–H groups in total. The Kier molecular flexibility index (Phi) is 5.27. The maximum absolute atomic E-state index is 12.9. The number of hydrogen-bond donors (Lipinski definition) is 1. The Balaban J connectivity index is 1.47. The van der Waals surface area contributed by atoms with Crippen LogP contribution in [0, 0.1) is 11.8 Å². The lowest BCUT2D eigenvalue weighted by molar-refractivity contribution is -0.123. The number of nitrogens with one attached hydrogen (secondary N) is 1. The fraction of sp³-hybridized carbons (Fsp3) is 0.667. The van der Waals surface area contributed by atoms with Crippen molar-refractivity contribution in [3.63, 3.8) is 0 Å². The third-order valence-corrected chi connectivity index (χ3v) is 9.01. The van der Waals surface area contributed by atoms with Gasteiger partial charge in [-0.05, 0) is 38.3 Å². The molecule has 0 aliphatic carbocycles. The van der Waals surface area contributed by atoms with E-state index in [0.717, 1.165) is 25.9 Å². The van der Waals surface area contributed by atoms with Crippen molar-refractivity contribution in [3.8, 4) is 0 Å². The largest absolute Gasteiger partial charge is 0.350 e. The molecule has 3 saturated heterocycles. The molecule has 0 saturated carbocycles. The highest BCUT2D eigenvalue weighted by atomic mass is 32.2. The molecule has 1 spiro atoms. The number of benzene rings is 1. The van der Waals surface area contributed by atoms with E-state index in [2.05, 4.69) is 24.1 Å². The maximum atomic E-state index is 12.9. The van der Waals surface area contributed by atoms with Gasteiger partial charge < -0.3 is 5.32 Å². The van der Waals surface area contributed by atoms with E-state index in [1.54, 1.807) is 28.6 Å². The second kappa shape index (κ2) is 7.43. The van der Waals surface area contributed by atoms with Crippen molar-refractivity contribution in [1.29, 1.82) is 0 Å². The van der Waals surface area contributed by atoms with Gasteiger partial charge in [0.25, 0.3) is 0 Å². The fourth-order valence-corrected chi connectivity index (χ4v) is 6.88. The number of nitrogens with zero attached hydrogens (tertiary/aromatic N) is 2. The number of sulfonamides is 1. The lowest BCUT2D eigenvalue weighted by Gasteiger charge is -2.42. The SMILES string of the molecule is CCC[C@H](C)N1C[C@H]2C(=O)NC3(CCN(S(=O)(=O)c4ccccc4)CC3)[C@H]2C1. The molecule has 154 valence electrons. The number of hydrogen-bond acceptors (Lipinski definition) is 4. The molecule has 3 fully saturated rings. The van der Waals surface area contributed by atoms with Crippen LogP contribution in [0.4, 0.5) is 0 Å². The van der Waals surface area contributed by atoms with Crippen molar-refractivity contribution in [2.24, 2.45) is 11.8 Å². The van der Waals surface area contributed by atoms with E-state index in [1.165, 1.54) is 0 Å². The van der Waals surface area contributed by atoms with Crippen molar-refractivity contribution in [1.82, 2.24) is 14.5 Å². The van der Waals surface area contributed by atoms with Crippen molar-refractivity contribution >= 4 is 15.9 Å². The van der Waals surface area contributed by atoms with Gasteiger partial charge in [-0.3, -0.25) is 9.69 Å². The summed E-state index contributed by atoms with van der Waals surface area (Å²) in [7, 11) is -3.47. The summed E-state index contributed by atoms with van der Waals surface area (Å²) < 4.78 is 27.4. The van der Waals surface area contributed by atoms with E-state index in [1.807, 2.05) is 6.07 Å². The van der Waals surface area contributed by atoms with Gasteiger partial charge in [0.2, 0.25) is 15.9 Å². The summed E-state index contributed by atoms with van der Waals surface area (Å²) in [6, 6.07) is 9.13. The highest BCUT2D eigenvalue weighted by Gasteiger charge is 2.58. The predicted octanol–water partition coefficient (Wildman–Crippen LogP) is 2.08. The van der Waals surface area contributed by atoms with Gasteiger partial charge in [0.05, 0.1) is 10.8 Å². The van der Waals surface area contributed by atoms with E-state index in [0.29, 0.717) is 42.8 Å². The molecule has 3 aliphatic rings. The minimum absolute atomic E-state index is 0.0524. The van der Waals surface area contributed by atoms with E-state index in [-0.39, 0.29) is 17.4 Å². The van der Waals surface area contributed by atoms with E-state index < -0.39 is 10.0 Å². The predicted molar refractivity (Wildman–Crippen MR) is 108 cm³/mol. The van der Waals surface area contributed by atoms with Crippen molar-refractivity contribution in [3.05, 3.63) is 30.3 Å². The Bertz CT molecular complexity index is 819. The number of rotatable bonds is 5. The number of carbonyl (C=O) groups excluding carboxylic acids is 1. The topological polar surface area (TPSA) is 69.7 Å². The molecule has 0 bridgehead atoms. The third-order valence-electron chi connectivity index (χ3n) is 7.09. The van der Waals surface area contributed by atoms with Crippen LogP contribution in [0.15, 0.2) is 35.2 Å². The average Bonchev–Trinajstić information content (AvgIpc) is 3.24. The molecule has 6 nitrogen and oxygen atoms in total. The van der Waals surface area contributed by atoms with Crippen molar-refractivity contribution < 1.29 is 13.2 Å². The van der Waals surface area contributed by atoms with Crippen LogP contribution in [0.2, 0.25) is 0 Å². The summed E-state index contributed by atoms with van der Waals surface area (Å²) in [5.74, 6) is 0.507. The number of amides is 1. The molecular weight excluding hydrogens is 374 g/mol. The standard InChI is InChI=1S/C21H31N3O3S/c1-3-7-16(2)23-14-18-19(15-23)21(22-20(18)25)10-12-24(13-11-21)28(26,27)17-8-5-4-6-9-17/h4-6,8-9,16,18-19H,3,7,10-15H2,1-2H3,(H,22,25)/t16-,18+,19-/m0/s1. The molecular formula is C21H31N3O3S. The Morgan fingerprint density at radius 3 is 2.50 bits per heavy atom. The average molecular weight is 406 g/mol. The number of likely N-dealkylation sites (tertiary alicyclic amines) is 1. The minimum Gasteiger partial charge on any atom is -0.350 e. The van der Waals surface area contributed by atoms with Gasteiger partial charge in [0, 0.05) is 43.7 Å². The van der Waals surface area contributed by atoms with Crippen LogP contribution < -0.4 is 5.32 Å². The summed E-state index contributed by atoms with van der Waals surface area (Å²) in [4.78, 5) is 15.5. The number of piperidine rings is 1. The van der Waals surface area contributed by atoms with Crippen LogP contribution in [0.25, 0.3) is 0 Å². The molecule has 4 rings (SSSR count). The van der Waals surface area contributed by atoms with E-state index in [9.17, 15) is 13.2 Å². The van der Waals surface area contributed by atoms with Gasteiger partial charge >= 0.3 is 0 Å². The quantitative estimate of drug-likeness (QED) is 0.814. The molecule has 1 aromatic rings. The third kappa shape index (κ3) is 3.27. The molecule has 7 heteroatoms. The summed E-state index contributed by atoms with van der Waals surface area (Å²) in [5.41, 5.74) is -0.245. The Labute approximate surface area is 168 Å². The highest BCUT2D eigenvalue weighted by molar-refractivity contribution is 7.89. The van der Waals surface area contributed by atoms with E-state index >= 15 is 0 Å². The molecule has 3 atom stereocenters. The van der Waals surface area contributed by atoms with Crippen LogP contribution in [0.5, 0.6) is 0 Å². The Morgan fingerprint density at radius 1 is 1.18 bits per heavy atom. The normalized spacial score (nSPS) is 29.0. The molecule has 0 unspecified atom stereocenters. The summed E-state index contributed by atoms with van der Waals surface area (Å²) in [6.45, 7) is 7.16. The molecule has 0 aromatic heterocycles. The van der Waals surface area contributed by atoms with Crippen LogP contribution in [0.1, 0.15) is 39.5 Å². The molecule has 1 aromatic carbocycles. The van der Waals surface area contributed by atoms with Crippen molar-refractivity contribution in [2.75, 3.05) is 26.2 Å². The van der Waals surface area contributed by atoms with Crippen LogP contribution >= 0.6 is 0 Å². The van der Waals surface area contributed by atoms with E-state index in [4.69, 9.17) is 0 Å². The zero-order chi connectivity index (χ0) is 19.9. The Morgan fingerprint density at radius 2 is 1.86 bits per heavy atom. The maximum Gasteiger partial charge on any atom is 0.243 e. The van der Waals surface area contributed by atoms with Crippen LogP contribution in [0.3, 0.4) is 0 Å². The molecule has 3 heterocycles. The number of carbonyl (C=O) groups is 1. The van der Waals surface area contributed by atoms with Gasteiger partial charge in [0.1, 0.15) is 0 Å². The first kappa shape index (κ1) is 19.9. The highest BCUT2D eigenvalue weighted by Crippen LogP contribution is 2.45. The second-order valence-electron chi connectivity index (χ2n) is 8.67. The van der Waals surface area contributed by atoms with Crippen LogP contribution in [-0.4, -0.2) is 61.3 Å². The summed E-state index contributed by atoms with van der Waals surface area (Å²) in [6.07, 6.45) is 3.69. The first-order chi connectivity index (χ1) is 13.4. The lowest BCUT2D eigenvalue weighted by Crippen LogP contribution is -2.56. The minimum atomic E-state index is -3.47. The van der Waals surface area contributed by atoms with Gasteiger partial charge in [-0.1, -0.05) is 31.5 Å². The molecule has 1 amide bonds. The lowest BCUT2D eigenvalue weighted by atomic mass is 9.76. The van der Waals surface area contributed by atoms with Gasteiger partial charge in [-0.15, -0.1) is 0 Å². The van der Waals surface area contributed by atoms with Gasteiger partial charge in [-0.2, -0.15) is 4.31 Å². The molecule has 28 heavy (non-hydrogen) atoms.